The molecular formula is C46H103N7O2. The lowest BCUT2D eigenvalue weighted by atomic mass is 9.99. The molecule has 4 atom stereocenters. The highest BCUT2D eigenvalue weighted by Gasteiger charge is 2.36. The fraction of sp³-hybridized carbons (Fsp3) is 0.957. The minimum absolute atomic E-state index is 0. The minimum atomic E-state index is 0. The van der Waals surface area contributed by atoms with Crippen molar-refractivity contribution in [3.63, 3.8) is 0 Å². The Labute approximate surface area is 347 Å². The van der Waals surface area contributed by atoms with Crippen molar-refractivity contribution in [3.05, 3.63) is 0 Å². The van der Waals surface area contributed by atoms with Crippen LogP contribution in [0.1, 0.15) is 165 Å². The number of nitrogens with zero attached hydrogens (tertiary/aromatic N) is 7. The van der Waals surface area contributed by atoms with E-state index in [0.29, 0.717) is 30.1 Å². The van der Waals surface area contributed by atoms with Crippen molar-refractivity contribution < 1.29 is 9.59 Å². The molecule has 0 aliphatic carbocycles. The molecule has 0 aromatic rings. The van der Waals surface area contributed by atoms with Crippen molar-refractivity contribution in [2.75, 3.05) is 79.0 Å². The average Bonchev–Trinajstić information content (AvgIpc) is 3.92. The molecule has 0 saturated carbocycles. The van der Waals surface area contributed by atoms with Crippen molar-refractivity contribution in [1.29, 1.82) is 0 Å². The number of carbonyl (C=O) groups is 2. The van der Waals surface area contributed by atoms with Crippen molar-refractivity contribution in [2.24, 2.45) is 11.8 Å². The van der Waals surface area contributed by atoms with Crippen LogP contribution >= 0.6 is 0 Å². The van der Waals surface area contributed by atoms with Gasteiger partial charge in [-0.05, 0) is 119 Å². The first kappa shape index (κ1) is 60.3. The summed E-state index contributed by atoms with van der Waals surface area (Å²) >= 11 is 0. The number of hydrogen-bond acceptors (Lipinski definition) is 6. The summed E-state index contributed by atoms with van der Waals surface area (Å²) in [6, 6.07) is 3.91. The zero-order chi connectivity index (χ0) is 37.5. The van der Waals surface area contributed by atoms with Gasteiger partial charge in [-0.3, -0.25) is 14.6 Å². The third-order valence-corrected chi connectivity index (χ3v) is 11.7. The maximum atomic E-state index is 11.8. The van der Waals surface area contributed by atoms with Crippen LogP contribution in [0.25, 0.3) is 0 Å². The predicted molar refractivity (Wildman–Crippen MR) is 247 cm³/mol. The van der Waals surface area contributed by atoms with Crippen molar-refractivity contribution in [1.82, 2.24) is 34.3 Å². The predicted octanol–water partition coefficient (Wildman–Crippen LogP) is 10.00. The highest BCUT2D eigenvalue weighted by molar-refractivity contribution is 5.78. The van der Waals surface area contributed by atoms with Crippen LogP contribution in [-0.2, 0) is 4.79 Å². The molecule has 55 heavy (non-hydrogen) atoms. The van der Waals surface area contributed by atoms with Gasteiger partial charge < -0.3 is 24.5 Å². The van der Waals surface area contributed by atoms with Gasteiger partial charge in [0.15, 0.2) is 0 Å². The Morgan fingerprint density at radius 1 is 0.473 bits per heavy atom. The number of likely N-dealkylation sites (N-methyl/N-ethyl adjacent to an activating group) is 1. The Morgan fingerprint density at radius 2 is 0.873 bits per heavy atom. The van der Waals surface area contributed by atoms with Crippen molar-refractivity contribution in [2.45, 2.75) is 201 Å². The first-order chi connectivity index (χ1) is 23.7. The van der Waals surface area contributed by atoms with E-state index in [-0.39, 0.29) is 43.2 Å². The molecule has 9 heteroatoms. The second kappa shape index (κ2) is 30.6. The molecule has 3 amide bonds. The summed E-state index contributed by atoms with van der Waals surface area (Å²) in [6.07, 6.45) is 8.39. The van der Waals surface area contributed by atoms with Crippen LogP contribution in [0.2, 0.25) is 0 Å². The Morgan fingerprint density at radius 3 is 1.18 bits per heavy atom. The fourth-order valence-corrected chi connectivity index (χ4v) is 8.18. The topological polar surface area (TPSA) is 56.8 Å². The van der Waals surface area contributed by atoms with E-state index >= 15 is 0 Å². The number of hydrogen-bond donors (Lipinski definition) is 0. The molecule has 0 aromatic carbocycles. The molecule has 9 nitrogen and oxygen atoms in total. The Balaban J connectivity index is -0.000000307. The Hall–Kier alpha value is -1.42. The summed E-state index contributed by atoms with van der Waals surface area (Å²) in [5.41, 5.74) is 0. The van der Waals surface area contributed by atoms with Crippen LogP contribution in [0.5, 0.6) is 0 Å². The molecule has 6 aliphatic rings. The van der Waals surface area contributed by atoms with Crippen LogP contribution in [0.3, 0.4) is 0 Å². The van der Waals surface area contributed by atoms with Crippen molar-refractivity contribution in [3.8, 4) is 0 Å². The number of likely N-dealkylation sites (tertiary alicyclic amines) is 5. The molecule has 6 saturated heterocycles. The lowest BCUT2D eigenvalue weighted by Gasteiger charge is -2.33. The molecule has 0 aromatic heterocycles. The number of piperidine rings is 1. The lowest BCUT2D eigenvalue weighted by molar-refractivity contribution is -0.129. The van der Waals surface area contributed by atoms with Crippen LogP contribution in [-0.4, -0.2) is 162 Å². The quantitative estimate of drug-likeness (QED) is 0.267. The Bertz CT molecular complexity index is 961. The molecule has 6 aliphatic heterocycles. The van der Waals surface area contributed by atoms with Crippen LogP contribution in [0, 0.1) is 11.8 Å². The summed E-state index contributed by atoms with van der Waals surface area (Å²) in [5.74, 6) is 2.24. The monoisotopic (exact) mass is 786 g/mol. The van der Waals surface area contributed by atoms with Gasteiger partial charge in [0.05, 0.1) is 0 Å². The fourth-order valence-electron chi connectivity index (χ4n) is 8.18. The third kappa shape index (κ3) is 19.7. The first-order valence-electron chi connectivity index (χ1n) is 20.9. The average molecular weight is 786 g/mol. The van der Waals surface area contributed by atoms with E-state index in [1.54, 1.807) is 0 Å². The number of amides is 3. The second-order valence-corrected chi connectivity index (χ2v) is 17.0. The SMILES string of the molecule is C.C.C.C.C.CC.CC(C)N1CCC(N2CCCC2=O)C1.CC(C)N1CCC(N2CCN(C)C2=O)C1.CC1CCCN(C(C)C)C1.CC1CCN(C(C)C)C1. The van der Waals surface area contributed by atoms with E-state index in [4.69, 9.17) is 0 Å². The normalized spacial score (nSPS) is 25.7. The maximum Gasteiger partial charge on any atom is 0.320 e. The van der Waals surface area contributed by atoms with Gasteiger partial charge in [0, 0.05) is 109 Å². The molecule has 0 bridgehead atoms. The van der Waals surface area contributed by atoms with E-state index in [1.807, 2.05) is 30.7 Å². The summed E-state index contributed by atoms with van der Waals surface area (Å²) in [7, 11) is 1.89. The highest BCUT2D eigenvalue weighted by atomic mass is 16.2. The Kier molecular flexibility index (Phi) is 33.6. The largest absolute Gasteiger partial charge is 0.338 e. The van der Waals surface area contributed by atoms with Gasteiger partial charge in [-0.1, -0.05) is 64.8 Å². The molecule has 6 fully saturated rings. The summed E-state index contributed by atoms with van der Waals surface area (Å²) in [4.78, 5) is 39.4. The van der Waals surface area contributed by atoms with Crippen LogP contribution in [0.4, 0.5) is 4.79 Å². The molecule has 0 radical (unpaired) electrons. The number of carbonyl (C=O) groups excluding carboxylic acids is 2. The molecule has 334 valence electrons. The number of rotatable bonds is 6. The van der Waals surface area contributed by atoms with E-state index in [9.17, 15) is 9.59 Å². The van der Waals surface area contributed by atoms with Gasteiger partial charge in [-0.25, -0.2) is 4.79 Å². The lowest BCUT2D eigenvalue weighted by Crippen LogP contribution is -2.41. The van der Waals surface area contributed by atoms with E-state index in [2.05, 4.69) is 93.7 Å². The van der Waals surface area contributed by atoms with Crippen LogP contribution < -0.4 is 0 Å². The summed E-state index contributed by atoms with van der Waals surface area (Å²) in [6.45, 7) is 39.2. The highest BCUT2D eigenvalue weighted by Crippen LogP contribution is 2.23. The molecule has 6 heterocycles. The van der Waals surface area contributed by atoms with Gasteiger partial charge in [0.2, 0.25) is 5.91 Å². The van der Waals surface area contributed by atoms with E-state index in [1.165, 1.54) is 51.9 Å². The van der Waals surface area contributed by atoms with Gasteiger partial charge >= 0.3 is 6.03 Å². The maximum absolute atomic E-state index is 11.8. The number of urea groups is 1. The minimum Gasteiger partial charge on any atom is -0.338 e. The zero-order valence-corrected chi connectivity index (χ0v) is 35.3. The summed E-state index contributed by atoms with van der Waals surface area (Å²) in [5, 5.41) is 0. The first-order valence-corrected chi connectivity index (χ1v) is 20.9. The van der Waals surface area contributed by atoms with Gasteiger partial charge in [0.1, 0.15) is 0 Å². The smallest absolute Gasteiger partial charge is 0.320 e. The van der Waals surface area contributed by atoms with E-state index in [0.717, 1.165) is 89.0 Å². The zero-order valence-electron chi connectivity index (χ0n) is 35.3. The van der Waals surface area contributed by atoms with E-state index < -0.39 is 0 Å². The standard InChI is InChI=1S/C11H21N3O.C11H20N2O.C9H19N.C8H17N.C2H6.5CH4/c1-9(2)13-5-4-10(8-13)14-7-6-12(3)11(14)15;1-9(2)12-7-5-10(8-12)13-6-3-4-11(13)14;1-8(2)10-6-4-5-9(3)7-10;1-7(2)9-5-4-8(3)6-9;1-2;;;;;/h9-10H,4-8H2,1-3H3;9-10H,3-8H2,1-2H3;8-9H,4-7H2,1-3H3;7-8H,4-6H2,1-3H3;1-2H3;5*1H4. The van der Waals surface area contributed by atoms with Gasteiger partial charge in [-0.2, -0.15) is 0 Å². The van der Waals surface area contributed by atoms with Crippen molar-refractivity contribution >= 4 is 11.9 Å². The molecule has 0 spiro atoms. The van der Waals surface area contributed by atoms with Gasteiger partial charge in [-0.15, -0.1) is 0 Å². The summed E-state index contributed by atoms with van der Waals surface area (Å²) < 4.78 is 0. The second-order valence-electron chi connectivity index (χ2n) is 17.0. The molecule has 0 N–H and O–H groups in total. The third-order valence-electron chi connectivity index (χ3n) is 11.7. The molecular weight excluding hydrogens is 683 g/mol. The molecule has 4 unspecified atom stereocenters. The molecule has 6 rings (SSSR count). The van der Waals surface area contributed by atoms with Crippen LogP contribution in [0.15, 0.2) is 0 Å². The van der Waals surface area contributed by atoms with Gasteiger partial charge in [0.25, 0.3) is 0 Å².